The quantitative estimate of drug-likeness (QED) is 0.602. The van der Waals surface area contributed by atoms with E-state index in [0.29, 0.717) is 6.42 Å². The maximum atomic E-state index is 11.2. The summed E-state index contributed by atoms with van der Waals surface area (Å²) in [5.74, 6) is -0.347. The average molecular weight is 200 g/mol. The molecule has 1 unspecified atom stereocenters. The van der Waals surface area contributed by atoms with Crippen molar-refractivity contribution in [2.75, 3.05) is 0 Å². The lowest BCUT2D eigenvalue weighted by atomic mass is 9.98. The van der Waals surface area contributed by atoms with Crippen molar-refractivity contribution in [2.24, 2.45) is 5.73 Å². The normalized spacial score (nSPS) is 35.5. The van der Waals surface area contributed by atoms with Crippen LogP contribution in [0.4, 0.5) is 0 Å². The molecule has 2 atom stereocenters. The number of carbonyl (C=O) groups is 2. The van der Waals surface area contributed by atoms with Crippen molar-refractivity contribution in [1.29, 1.82) is 0 Å². The molecular weight excluding hydrogens is 188 g/mol. The number of amides is 2. The number of thioether (sulfide) groups is 1. The Morgan fingerprint density at radius 3 is 2.69 bits per heavy atom. The van der Waals surface area contributed by atoms with Gasteiger partial charge in [0.2, 0.25) is 11.8 Å². The van der Waals surface area contributed by atoms with Gasteiger partial charge < -0.3 is 10.6 Å². The van der Waals surface area contributed by atoms with Gasteiger partial charge >= 0.3 is 0 Å². The smallest absolute Gasteiger partial charge is 0.241 e. The topological polar surface area (TPSA) is 63.4 Å². The number of carbonyl (C=O) groups excluding carboxylic acids is 2. The molecule has 2 N–H and O–H groups in total. The van der Waals surface area contributed by atoms with Crippen molar-refractivity contribution in [3.8, 4) is 0 Å². The van der Waals surface area contributed by atoms with E-state index in [1.54, 1.807) is 16.7 Å². The Bertz CT molecular complexity index is 290. The van der Waals surface area contributed by atoms with E-state index >= 15 is 0 Å². The SMILES string of the molecule is CC1(C)S[C@@H]2CC(=O)N2C1C(N)=O. The number of rotatable bonds is 1. The van der Waals surface area contributed by atoms with E-state index < -0.39 is 11.9 Å². The fraction of sp³-hybridized carbons (Fsp3) is 0.750. The molecule has 2 aliphatic rings. The van der Waals surface area contributed by atoms with E-state index in [4.69, 9.17) is 5.73 Å². The monoisotopic (exact) mass is 200 g/mol. The summed E-state index contributed by atoms with van der Waals surface area (Å²) >= 11 is 1.66. The molecule has 4 nitrogen and oxygen atoms in total. The molecule has 2 heterocycles. The molecule has 13 heavy (non-hydrogen) atoms. The number of nitrogens with zero attached hydrogens (tertiary/aromatic N) is 1. The lowest BCUT2D eigenvalue weighted by Gasteiger charge is -2.37. The average Bonchev–Trinajstić information content (AvgIpc) is 2.18. The maximum Gasteiger partial charge on any atom is 0.241 e. The van der Waals surface area contributed by atoms with Crippen LogP contribution in [-0.2, 0) is 9.59 Å². The highest BCUT2D eigenvalue weighted by Crippen LogP contribution is 2.50. The molecule has 0 saturated carbocycles. The number of hydrogen-bond donors (Lipinski definition) is 1. The van der Waals surface area contributed by atoms with Gasteiger partial charge in [-0.3, -0.25) is 9.59 Å². The van der Waals surface area contributed by atoms with Crippen LogP contribution in [0.5, 0.6) is 0 Å². The van der Waals surface area contributed by atoms with Gasteiger partial charge in [-0.25, -0.2) is 0 Å². The molecule has 2 aliphatic heterocycles. The Kier molecular flexibility index (Phi) is 1.64. The van der Waals surface area contributed by atoms with Gasteiger partial charge in [0.25, 0.3) is 0 Å². The van der Waals surface area contributed by atoms with Crippen LogP contribution in [0.25, 0.3) is 0 Å². The van der Waals surface area contributed by atoms with Crippen molar-refractivity contribution >= 4 is 23.6 Å². The number of hydrogen-bond acceptors (Lipinski definition) is 3. The fourth-order valence-corrected chi connectivity index (χ4v) is 3.68. The van der Waals surface area contributed by atoms with E-state index in [0.717, 1.165) is 0 Å². The molecule has 0 spiro atoms. The third kappa shape index (κ3) is 1.06. The second kappa shape index (κ2) is 2.41. The summed E-state index contributed by atoms with van der Waals surface area (Å²) in [6, 6.07) is -0.427. The minimum atomic E-state index is -0.427. The Balaban J connectivity index is 2.30. The second-order valence-electron chi connectivity index (χ2n) is 3.99. The number of fused-ring (bicyclic) bond motifs is 1. The Hall–Kier alpha value is -0.710. The first-order valence-corrected chi connectivity index (χ1v) is 5.10. The standard InChI is InChI=1S/C8H12N2O2S/c1-8(2)6(7(9)12)10-4(11)3-5(10)13-8/h5-6H,3H2,1-2H3,(H2,9,12)/t5-,6?/m1/s1. The van der Waals surface area contributed by atoms with Gasteiger partial charge in [-0.15, -0.1) is 11.8 Å². The van der Waals surface area contributed by atoms with Crippen LogP contribution >= 0.6 is 11.8 Å². The summed E-state index contributed by atoms with van der Waals surface area (Å²) < 4.78 is -0.233. The summed E-state index contributed by atoms with van der Waals surface area (Å²) in [6.07, 6.45) is 0.553. The molecule has 0 bridgehead atoms. The number of primary amides is 1. The zero-order chi connectivity index (χ0) is 9.80. The van der Waals surface area contributed by atoms with E-state index in [2.05, 4.69) is 0 Å². The van der Waals surface area contributed by atoms with Crippen molar-refractivity contribution in [3.63, 3.8) is 0 Å². The van der Waals surface area contributed by atoms with Crippen LogP contribution < -0.4 is 5.73 Å². The Morgan fingerprint density at radius 2 is 2.31 bits per heavy atom. The second-order valence-corrected chi connectivity index (χ2v) is 5.82. The summed E-state index contributed by atoms with van der Waals surface area (Å²) in [7, 11) is 0. The predicted molar refractivity (Wildman–Crippen MR) is 49.9 cm³/mol. The zero-order valence-electron chi connectivity index (χ0n) is 7.61. The van der Waals surface area contributed by atoms with E-state index in [1.807, 2.05) is 13.8 Å². The van der Waals surface area contributed by atoms with Crippen LogP contribution in [0.15, 0.2) is 0 Å². The molecule has 0 aromatic heterocycles. The first-order chi connectivity index (χ1) is 5.93. The molecule has 0 aliphatic carbocycles. The number of β-lactam (4-membered cyclic amide) rings is 1. The largest absolute Gasteiger partial charge is 0.368 e. The molecule has 2 saturated heterocycles. The van der Waals surface area contributed by atoms with E-state index in [1.165, 1.54) is 0 Å². The molecule has 72 valence electrons. The molecule has 2 amide bonds. The highest BCUT2D eigenvalue weighted by molar-refractivity contribution is 8.01. The molecule has 0 aromatic rings. The van der Waals surface area contributed by atoms with Crippen LogP contribution in [0.3, 0.4) is 0 Å². The lowest BCUT2D eigenvalue weighted by molar-refractivity contribution is -0.148. The van der Waals surface area contributed by atoms with Crippen molar-refractivity contribution < 1.29 is 9.59 Å². The summed E-state index contributed by atoms with van der Waals surface area (Å²) in [5.41, 5.74) is 5.28. The maximum absolute atomic E-state index is 11.2. The van der Waals surface area contributed by atoms with Gasteiger partial charge in [0.15, 0.2) is 0 Å². The predicted octanol–water partition coefficient (Wildman–Crippen LogP) is -0.0759. The van der Waals surface area contributed by atoms with E-state index in [9.17, 15) is 9.59 Å². The van der Waals surface area contributed by atoms with Gasteiger partial charge in [0.1, 0.15) is 6.04 Å². The summed E-state index contributed by atoms with van der Waals surface area (Å²) in [4.78, 5) is 24.0. The lowest BCUT2D eigenvalue weighted by Crippen LogP contribution is -2.58. The Morgan fingerprint density at radius 1 is 1.69 bits per heavy atom. The molecular formula is C8H12N2O2S. The molecule has 0 aromatic carbocycles. The van der Waals surface area contributed by atoms with Gasteiger partial charge in [-0.2, -0.15) is 0 Å². The minimum absolute atomic E-state index is 0.0480. The fourth-order valence-electron chi connectivity index (χ4n) is 2.04. The molecule has 0 radical (unpaired) electrons. The first-order valence-electron chi connectivity index (χ1n) is 4.22. The molecule has 5 heteroatoms. The number of nitrogens with two attached hydrogens (primary N) is 1. The van der Waals surface area contributed by atoms with Crippen LogP contribution in [0, 0.1) is 0 Å². The van der Waals surface area contributed by atoms with Gasteiger partial charge in [-0.05, 0) is 13.8 Å². The van der Waals surface area contributed by atoms with Gasteiger partial charge in [0, 0.05) is 4.75 Å². The van der Waals surface area contributed by atoms with Gasteiger partial charge in [0.05, 0.1) is 11.8 Å². The first kappa shape index (κ1) is 8.87. The van der Waals surface area contributed by atoms with Crippen LogP contribution in [0.2, 0.25) is 0 Å². The molecule has 2 fully saturated rings. The Labute approximate surface area is 80.8 Å². The zero-order valence-corrected chi connectivity index (χ0v) is 8.43. The van der Waals surface area contributed by atoms with E-state index in [-0.39, 0.29) is 16.0 Å². The van der Waals surface area contributed by atoms with Crippen molar-refractivity contribution in [1.82, 2.24) is 4.90 Å². The van der Waals surface area contributed by atoms with Crippen LogP contribution in [-0.4, -0.2) is 32.9 Å². The van der Waals surface area contributed by atoms with Crippen molar-refractivity contribution in [2.45, 2.75) is 36.4 Å². The van der Waals surface area contributed by atoms with Gasteiger partial charge in [-0.1, -0.05) is 0 Å². The molecule has 2 rings (SSSR count). The summed E-state index contributed by atoms with van der Waals surface area (Å²) in [5, 5.41) is 0.181. The minimum Gasteiger partial charge on any atom is -0.368 e. The van der Waals surface area contributed by atoms with Crippen molar-refractivity contribution in [3.05, 3.63) is 0 Å². The highest BCUT2D eigenvalue weighted by Gasteiger charge is 2.57. The highest BCUT2D eigenvalue weighted by atomic mass is 32.2. The third-order valence-corrected chi connectivity index (χ3v) is 4.09. The van der Waals surface area contributed by atoms with Crippen LogP contribution in [0.1, 0.15) is 20.3 Å². The third-order valence-electron chi connectivity index (χ3n) is 2.59. The summed E-state index contributed by atoms with van der Waals surface area (Å²) in [6.45, 7) is 3.91.